The fourth-order valence-corrected chi connectivity index (χ4v) is 3.78. The zero-order valence-electron chi connectivity index (χ0n) is 17.5. The van der Waals surface area contributed by atoms with Gasteiger partial charge in [-0.05, 0) is 35.3 Å². The molecule has 6 rings (SSSR count). The number of hydrogen-bond donors (Lipinski definition) is 4. The van der Waals surface area contributed by atoms with Crippen molar-refractivity contribution in [3.8, 4) is 5.88 Å². The van der Waals surface area contributed by atoms with Crippen LogP contribution in [0.2, 0.25) is 0 Å². The summed E-state index contributed by atoms with van der Waals surface area (Å²) in [6, 6.07) is 14.7. The van der Waals surface area contributed by atoms with Crippen molar-refractivity contribution < 1.29 is 5.11 Å². The van der Waals surface area contributed by atoms with Gasteiger partial charge in [-0.25, -0.2) is 9.79 Å². The molecule has 3 aromatic heterocycles. The van der Waals surface area contributed by atoms with Crippen LogP contribution in [0.4, 0.5) is 5.95 Å². The first-order valence-electron chi connectivity index (χ1n) is 10.7. The van der Waals surface area contributed by atoms with E-state index in [-0.39, 0.29) is 17.6 Å². The first-order chi connectivity index (χ1) is 16.1. The second kappa shape index (κ2) is 7.59. The van der Waals surface area contributed by atoms with E-state index in [9.17, 15) is 9.90 Å². The van der Waals surface area contributed by atoms with E-state index < -0.39 is 5.69 Å². The lowest BCUT2D eigenvalue weighted by Crippen LogP contribution is -2.24. The summed E-state index contributed by atoms with van der Waals surface area (Å²) in [5.74, 6) is 0.183. The van der Waals surface area contributed by atoms with Gasteiger partial charge in [0, 0.05) is 11.8 Å². The minimum absolute atomic E-state index is 0.245. The summed E-state index contributed by atoms with van der Waals surface area (Å²) < 4.78 is 1.58. The van der Waals surface area contributed by atoms with E-state index in [4.69, 9.17) is 0 Å². The van der Waals surface area contributed by atoms with E-state index in [2.05, 4.69) is 59.6 Å². The summed E-state index contributed by atoms with van der Waals surface area (Å²) in [5, 5.41) is 20.6. The molecule has 0 aliphatic heterocycles. The monoisotopic (exact) mass is 440 g/mol. The summed E-state index contributed by atoms with van der Waals surface area (Å²) in [7, 11) is 0. The van der Waals surface area contributed by atoms with Crippen molar-refractivity contribution in [2.45, 2.75) is 25.4 Å². The molecule has 10 nitrogen and oxygen atoms in total. The first kappa shape index (κ1) is 19.2. The Bertz CT molecular complexity index is 1670. The number of nitrogens with one attached hydrogen (secondary N) is 3. The molecule has 2 aromatic carbocycles. The third-order valence-electron chi connectivity index (χ3n) is 5.58. The topological polar surface area (TPSA) is 136 Å². The van der Waals surface area contributed by atoms with Gasteiger partial charge in [0.25, 0.3) is 5.62 Å². The smallest absolute Gasteiger partial charge is 0.326 e. The molecule has 0 atom stereocenters. The largest absolute Gasteiger partial charge is 0.493 e. The highest BCUT2D eigenvalue weighted by atomic mass is 16.3. The van der Waals surface area contributed by atoms with Gasteiger partial charge < -0.3 is 15.4 Å². The van der Waals surface area contributed by atoms with Gasteiger partial charge in [0.1, 0.15) is 5.69 Å². The van der Waals surface area contributed by atoms with Crippen molar-refractivity contribution in [3.05, 3.63) is 81.2 Å². The van der Waals surface area contributed by atoms with Gasteiger partial charge in [0.15, 0.2) is 5.65 Å². The minimum atomic E-state index is -0.494. The number of aromatic amines is 2. The third-order valence-corrected chi connectivity index (χ3v) is 5.58. The second-order valence-corrected chi connectivity index (χ2v) is 8.02. The quantitative estimate of drug-likeness (QED) is 0.324. The number of nitrogens with zero attached hydrogens (tertiary/aromatic N) is 5. The van der Waals surface area contributed by atoms with Crippen LogP contribution in [0, 0.1) is 0 Å². The van der Waals surface area contributed by atoms with Crippen molar-refractivity contribution in [1.29, 1.82) is 0 Å². The normalized spacial score (nSPS) is 15.0. The maximum Gasteiger partial charge on any atom is 0.326 e. The molecule has 1 aliphatic carbocycles. The number of hydrogen-bond acceptors (Lipinski definition) is 7. The van der Waals surface area contributed by atoms with Crippen LogP contribution in [0.3, 0.4) is 0 Å². The van der Waals surface area contributed by atoms with Crippen molar-refractivity contribution in [1.82, 2.24) is 29.5 Å². The minimum Gasteiger partial charge on any atom is -0.493 e. The fraction of sp³-hybridized carbons (Fsp3) is 0.174. The Morgan fingerprint density at radius 2 is 2.00 bits per heavy atom. The molecule has 0 spiro atoms. The molecule has 10 heteroatoms. The van der Waals surface area contributed by atoms with Gasteiger partial charge in [0.05, 0.1) is 12.2 Å². The number of benzene rings is 2. The molecule has 164 valence electrons. The number of aromatic nitrogens is 6. The predicted octanol–water partition coefficient (Wildman–Crippen LogP) is 1.22. The lowest BCUT2D eigenvalue weighted by Gasteiger charge is -2.08. The van der Waals surface area contributed by atoms with Crippen LogP contribution in [0.15, 0.2) is 58.4 Å². The van der Waals surface area contributed by atoms with Gasteiger partial charge in [-0.2, -0.15) is 19.6 Å². The van der Waals surface area contributed by atoms with Crippen molar-refractivity contribution in [3.63, 3.8) is 0 Å². The summed E-state index contributed by atoms with van der Waals surface area (Å²) >= 11 is 0. The highest BCUT2D eigenvalue weighted by molar-refractivity contribution is 5.85. The highest BCUT2D eigenvalue weighted by Crippen LogP contribution is 2.22. The van der Waals surface area contributed by atoms with Gasteiger partial charge >= 0.3 is 5.69 Å². The van der Waals surface area contributed by atoms with E-state index >= 15 is 0 Å². The molecule has 3 heterocycles. The van der Waals surface area contributed by atoms with E-state index in [1.165, 1.54) is 10.8 Å². The Balaban J connectivity index is 1.44. The lowest BCUT2D eigenvalue weighted by molar-refractivity contribution is 0.454. The number of aromatic hydroxyl groups is 1. The van der Waals surface area contributed by atoms with Gasteiger partial charge in [-0.3, -0.25) is 4.98 Å². The Kier molecular flexibility index (Phi) is 4.42. The average molecular weight is 440 g/mol. The molecular weight excluding hydrogens is 420 g/mol. The summed E-state index contributed by atoms with van der Waals surface area (Å²) in [6.07, 6.45) is 5.28. The Labute approximate surface area is 186 Å². The fourth-order valence-electron chi connectivity index (χ4n) is 3.78. The first-order valence-corrected chi connectivity index (χ1v) is 10.7. The summed E-state index contributed by atoms with van der Waals surface area (Å²) in [6.45, 7) is 0.541. The van der Waals surface area contributed by atoms with Crippen molar-refractivity contribution in [2.24, 2.45) is 4.99 Å². The molecule has 33 heavy (non-hydrogen) atoms. The SMILES string of the molecule is O=c1[nH]c(O)c(/C=c2\cnn3c(=NC4CC4)nc(NCc4cccc5ccccc45)nc23)[nH]1. The zero-order valence-corrected chi connectivity index (χ0v) is 17.5. The number of rotatable bonds is 5. The van der Waals surface area contributed by atoms with Gasteiger partial charge in [0.2, 0.25) is 11.8 Å². The molecule has 0 bridgehead atoms. The molecule has 1 aliphatic rings. The van der Waals surface area contributed by atoms with Crippen LogP contribution >= 0.6 is 0 Å². The third kappa shape index (κ3) is 3.71. The summed E-state index contributed by atoms with van der Waals surface area (Å²) in [5.41, 5.74) is 1.87. The van der Waals surface area contributed by atoms with Crippen LogP contribution < -0.4 is 21.8 Å². The van der Waals surface area contributed by atoms with Crippen LogP contribution in [-0.4, -0.2) is 40.7 Å². The van der Waals surface area contributed by atoms with E-state index in [1.807, 2.05) is 18.2 Å². The number of H-pyrrole nitrogens is 2. The van der Waals surface area contributed by atoms with Crippen LogP contribution in [0.25, 0.3) is 22.5 Å². The molecule has 0 saturated heterocycles. The Hall–Kier alpha value is -4.47. The molecule has 1 fully saturated rings. The summed E-state index contributed by atoms with van der Waals surface area (Å²) in [4.78, 5) is 30.3. The highest BCUT2D eigenvalue weighted by Gasteiger charge is 2.21. The molecule has 5 aromatic rings. The van der Waals surface area contributed by atoms with Crippen molar-refractivity contribution >= 4 is 28.4 Å². The van der Waals surface area contributed by atoms with Crippen LogP contribution in [-0.2, 0) is 6.54 Å². The predicted molar refractivity (Wildman–Crippen MR) is 123 cm³/mol. The maximum atomic E-state index is 11.5. The molecule has 4 N–H and O–H groups in total. The number of anilines is 1. The van der Waals surface area contributed by atoms with Gasteiger partial charge in [-0.15, -0.1) is 0 Å². The van der Waals surface area contributed by atoms with Crippen molar-refractivity contribution in [2.75, 3.05) is 5.32 Å². The Morgan fingerprint density at radius 1 is 1.15 bits per heavy atom. The molecule has 0 unspecified atom stereocenters. The zero-order chi connectivity index (χ0) is 22.4. The number of fused-ring (bicyclic) bond motifs is 2. The van der Waals surface area contributed by atoms with E-state index in [0.29, 0.717) is 29.0 Å². The molecular formula is C23H20N8O2. The molecule has 1 saturated carbocycles. The average Bonchev–Trinajstić information content (AvgIpc) is 3.46. The number of imidazole rings is 1. The van der Waals surface area contributed by atoms with Crippen LogP contribution in [0.5, 0.6) is 5.88 Å². The van der Waals surface area contributed by atoms with Gasteiger partial charge in [-0.1, -0.05) is 42.5 Å². The Morgan fingerprint density at radius 3 is 2.82 bits per heavy atom. The maximum absolute atomic E-state index is 11.5. The lowest BCUT2D eigenvalue weighted by atomic mass is 10.0. The second-order valence-electron chi connectivity index (χ2n) is 8.02. The molecule has 0 radical (unpaired) electrons. The van der Waals surface area contributed by atoms with E-state index in [1.54, 1.807) is 16.8 Å². The van der Waals surface area contributed by atoms with Crippen LogP contribution in [0.1, 0.15) is 24.1 Å². The standard InChI is InChI=1S/C23H20N8O2/c32-20-18(27-23(33)29-20)10-15-12-25-31-19(15)28-21(30-22(31)26-16-8-9-16)24-11-14-6-3-5-13-4-1-2-7-17(13)14/h1-7,10,12,16,32H,8-9,11H2,(H,24,26,30)(H2,27,29,33)/b15-10+. The van der Waals surface area contributed by atoms with E-state index in [0.717, 1.165) is 18.4 Å². The molecule has 0 amide bonds.